The number of aryl methyl sites for hydroxylation is 1. The third-order valence-corrected chi connectivity index (χ3v) is 2.67. The first-order valence-electron chi connectivity index (χ1n) is 5.55. The highest BCUT2D eigenvalue weighted by Crippen LogP contribution is 2.18. The predicted molar refractivity (Wildman–Crippen MR) is 68.5 cm³/mol. The van der Waals surface area contributed by atoms with Gasteiger partial charge >= 0.3 is 5.97 Å². The number of nitrogens with zero attached hydrogens (tertiary/aromatic N) is 1. The summed E-state index contributed by atoms with van der Waals surface area (Å²) in [4.78, 5) is 22.1. The SMILES string of the molecule is Cc1ccc(-c2ccc(=O)n(CC(=O)O)c2)cc1. The second kappa shape index (κ2) is 4.87. The number of carbonyl (C=O) groups is 1. The topological polar surface area (TPSA) is 59.3 Å². The molecule has 1 aromatic carbocycles. The summed E-state index contributed by atoms with van der Waals surface area (Å²) < 4.78 is 1.19. The Morgan fingerprint density at radius 3 is 2.33 bits per heavy atom. The van der Waals surface area contributed by atoms with Crippen molar-refractivity contribution in [3.63, 3.8) is 0 Å². The summed E-state index contributed by atoms with van der Waals surface area (Å²) in [7, 11) is 0. The van der Waals surface area contributed by atoms with Gasteiger partial charge in [-0.1, -0.05) is 29.8 Å². The zero-order valence-corrected chi connectivity index (χ0v) is 9.96. The normalized spacial score (nSPS) is 10.3. The quantitative estimate of drug-likeness (QED) is 0.895. The first-order valence-corrected chi connectivity index (χ1v) is 5.55. The van der Waals surface area contributed by atoms with Crippen LogP contribution >= 0.6 is 0 Å². The minimum atomic E-state index is -1.03. The van der Waals surface area contributed by atoms with Crippen LogP contribution in [0.4, 0.5) is 0 Å². The summed E-state index contributed by atoms with van der Waals surface area (Å²) in [6, 6.07) is 10.9. The Bertz CT molecular complexity index is 626. The van der Waals surface area contributed by atoms with Crippen LogP contribution < -0.4 is 5.56 Å². The zero-order valence-electron chi connectivity index (χ0n) is 9.96. The molecule has 0 fully saturated rings. The van der Waals surface area contributed by atoms with Gasteiger partial charge in [0.2, 0.25) is 0 Å². The minimum absolute atomic E-state index is 0.312. The van der Waals surface area contributed by atoms with Gasteiger partial charge in [0.1, 0.15) is 6.54 Å². The van der Waals surface area contributed by atoms with Crippen LogP contribution in [0.2, 0.25) is 0 Å². The van der Waals surface area contributed by atoms with Gasteiger partial charge in [-0.3, -0.25) is 9.59 Å². The highest BCUT2D eigenvalue weighted by Gasteiger charge is 2.04. The molecular formula is C14H13NO3. The second-order valence-corrected chi connectivity index (χ2v) is 4.14. The summed E-state index contributed by atoms with van der Waals surface area (Å²) in [6.45, 7) is 1.67. The van der Waals surface area contributed by atoms with Crippen LogP contribution in [0.3, 0.4) is 0 Å². The van der Waals surface area contributed by atoms with Crippen molar-refractivity contribution in [2.45, 2.75) is 13.5 Å². The molecule has 0 bridgehead atoms. The van der Waals surface area contributed by atoms with Gasteiger partial charge in [0.05, 0.1) is 0 Å². The number of hydrogen-bond donors (Lipinski definition) is 1. The van der Waals surface area contributed by atoms with Crippen molar-refractivity contribution in [2.24, 2.45) is 0 Å². The number of carboxylic acid groups (broad SMARTS) is 1. The van der Waals surface area contributed by atoms with E-state index in [0.29, 0.717) is 0 Å². The Morgan fingerprint density at radius 2 is 1.72 bits per heavy atom. The molecule has 0 amide bonds. The summed E-state index contributed by atoms with van der Waals surface area (Å²) in [5, 5.41) is 8.73. The summed E-state index contributed by atoms with van der Waals surface area (Å²) >= 11 is 0. The van der Waals surface area contributed by atoms with Crippen molar-refractivity contribution in [2.75, 3.05) is 0 Å². The average molecular weight is 243 g/mol. The Labute approximate surface area is 104 Å². The molecule has 0 radical (unpaired) electrons. The monoisotopic (exact) mass is 243 g/mol. The van der Waals surface area contributed by atoms with E-state index in [-0.39, 0.29) is 12.1 Å². The lowest BCUT2D eigenvalue weighted by molar-refractivity contribution is -0.137. The lowest BCUT2D eigenvalue weighted by Gasteiger charge is -2.06. The molecule has 0 aliphatic carbocycles. The molecule has 2 rings (SSSR count). The van der Waals surface area contributed by atoms with E-state index in [0.717, 1.165) is 16.7 Å². The maximum absolute atomic E-state index is 11.5. The third kappa shape index (κ3) is 2.66. The van der Waals surface area contributed by atoms with Gasteiger partial charge in [0.15, 0.2) is 0 Å². The molecule has 92 valence electrons. The van der Waals surface area contributed by atoms with E-state index in [9.17, 15) is 9.59 Å². The van der Waals surface area contributed by atoms with Gasteiger partial charge in [-0.2, -0.15) is 0 Å². The van der Waals surface area contributed by atoms with Gasteiger partial charge in [-0.15, -0.1) is 0 Å². The number of aliphatic carboxylic acids is 1. The van der Waals surface area contributed by atoms with Gasteiger partial charge in [0, 0.05) is 12.3 Å². The smallest absolute Gasteiger partial charge is 0.323 e. The first-order chi connectivity index (χ1) is 8.56. The fourth-order valence-electron chi connectivity index (χ4n) is 1.72. The van der Waals surface area contributed by atoms with Crippen LogP contribution in [0, 0.1) is 6.92 Å². The number of rotatable bonds is 3. The predicted octanol–water partition coefficient (Wildman–Crippen LogP) is 1.91. The molecule has 0 unspecified atom stereocenters. The highest BCUT2D eigenvalue weighted by atomic mass is 16.4. The third-order valence-electron chi connectivity index (χ3n) is 2.67. The van der Waals surface area contributed by atoms with E-state index in [1.165, 1.54) is 10.6 Å². The van der Waals surface area contributed by atoms with Gasteiger partial charge < -0.3 is 9.67 Å². The molecule has 4 heteroatoms. The molecule has 1 heterocycles. The molecule has 18 heavy (non-hydrogen) atoms. The molecule has 4 nitrogen and oxygen atoms in total. The molecular weight excluding hydrogens is 230 g/mol. The molecule has 0 saturated carbocycles. The lowest BCUT2D eigenvalue weighted by atomic mass is 10.1. The van der Waals surface area contributed by atoms with Crippen LogP contribution in [0.5, 0.6) is 0 Å². The number of carboxylic acids is 1. The first kappa shape index (κ1) is 12.1. The largest absolute Gasteiger partial charge is 0.480 e. The molecule has 1 aromatic heterocycles. The molecule has 0 aliphatic heterocycles. The Hall–Kier alpha value is -2.36. The van der Waals surface area contributed by atoms with E-state index >= 15 is 0 Å². The van der Waals surface area contributed by atoms with E-state index in [4.69, 9.17) is 5.11 Å². The van der Waals surface area contributed by atoms with Crippen LogP contribution in [0.15, 0.2) is 47.4 Å². The Balaban J connectivity index is 2.43. The fourth-order valence-corrected chi connectivity index (χ4v) is 1.72. The number of pyridine rings is 1. The Morgan fingerprint density at radius 1 is 1.11 bits per heavy atom. The second-order valence-electron chi connectivity index (χ2n) is 4.14. The van der Waals surface area contributed by atoms with Crippen molar-refractivity contribution in [3.8, 4) is 11.1 Å². The molecule has 1 N–H and O–H groups in total. The van der Waals surface area contributed by atoms with Crippen molar-refractivity contribution in [1.82, 2.24) is 4.57 Å². The summed E-state index contributed by atoms with van der Waals surface area (Å²) in [6.07, 6.45) is 1.57. The highest BCUT2D eigenvalue weighted by molar-refractivity contribution is 5.67. The lowest BCUT2D eigenvalue weighted by Crippen LogP contribution is -2.22. The van der Waals surface area contributed by atoms with E-state index in [1.807, 2.05) is 31.2 Å². The molecule has 0 saturated heterocycles. The van der Waals surface area contributed by atoms with Gasteiger partial charge in [0.25, 0.3) is 5.56 Å². The van der Waals surface area contributed by atoms with E-state index < -0.39 is 5.97 Å². The fraction of sp³-hybridized carbons (Fsp3) is 0.143. The number of aromatic nitrogens is 1. The molecule has 2 aromatic rings. The summed E-state index contributed by atoms with van der Waals surface area (Å²) in [5.41, 5.74) is 2.63. The van der Waals surface area contributed by atoms with Crippen LogP contribution in [0.25, 0.3) is 11.1 Å². The van der Waals surface area contributed by atoms with Gasteiger partial charge in [-0.05, 0) is 24.1 Å². The molecule has 0 atom stereocenters. The van der Waals surface area contributed by atoms with Crippen molar-refractivity contribution < 1.29 is 9.90 Å². The zero-order chi connectivity index (χ0) is 13.1. The van der Waals surface area contributed by atoms with Crippen LogP contribution in [-0.4, -0.2) is 15.6 Å². The van der Waals surface area contributed by atoms with Gasteiger partial charge in [-0.25, -0.2) is 0 Å². The van der Waals surface area contributed by atoms with Crippen molar-refractivity contribution in [3.05, 3.63) is 58.5 Å². The minimum Gasteiger partial charge on any atom is -0.480 e. The Kier molecular flexibility index (Phi) is 3.28. The molecule has 0 spiro atoms. The average Bonchev–Trinajstić information content (AvgIpc) is 2.32. The van der Waals surface area contributed by atoms with Crippen molar-refractivity contribution >= 4 is 5.97 Å². The maximum Gasteiger partial charge on any atom is 0.323 e. The summed E-state index contributed by atoms with van der Waals surface area (Å²) in [5.74, 6) is -1.03. The molecule has 0 aliphatic rings. The maximum atomic E-state index is 11.5. The van der Waals surface area contributed by atoms with Crippen molar-refractivity contribution in [1.29, 1.82) is 0 Å². The standard InChI is InChI=1S/C14H13NO3/c1-10-2-4-11(5-3-10)12-6-7-13(16)15(8-12)9-14(17)18/h2-8H,9H2,1H3,(H,17,18). The van der Waals surface area contributed by atoms with E-state index in [2.05, 4.69) is 0 Å². The van der Waals surface area contributed by atoms with E-state index in [1.54, 1.807) is 12.3 Å². The number of benzene rings is 1. The number of hydrogen-bond acceptors (Lipinski definition) is 2. The van der Waals surface area contributed by atoms with Crippen LogP contribution in [-0.2, 0) is 11.3 Å². The van der Waals surface area contributed by atoms with Crippen LogP contribution in [0.1, 0.15) is 5.56 Å².